The van der Waals surface area contributed by atoms with Crippen molar-refractivity contribution < 1.29 is 122 Å². The number of nitrogens with zero attached hydrogens (tertiary/aromatic N) is 1. The number of amides is 2. The highest BCUT2D eigenvalue weighted by Gasteiger charge is 2.24. The van der Waals surface area contributed by atoms with E-state index in [1.54, 1.807) is 68.7 Å². The minimum atomic E-state index is -3.06. The van der Waals surface area contributed by atoms with Crippen molar-refractivity contribution in [3.63, 3.8) is 0 Å². The Morgan fingerprint density at radius 2 is 0.867 bits per heavy atom. The number of rotatable bonds is 42. The number of ether oxygens (including phenoxy) is 14. The van der Waals surface area contributed by atoms with E-state index in [1.807, 2.05) is 72.8 Å². The van der Waals surface area contributed by atoms with Crippen LogP contribution in [0.25, 0.3) is 18.2 Å². The average molecular weight is 1610 g/mol. The molecule has 2 atom stereocenters. The van der Waals surface area contributed by atoms with Crippen molar-refractivity contribution in [3.05, 3.63) is 300 Å². The van der Waals surface area contributed by atoms with Gasteiger partial charge in [0.2, 0.25) is 0 Å². The molecule has 0 N–H and O–H groups in total. The van der Waals surface area contributed by atoms with Crippen LogP contribution >= 0.6 is 11.6 Å². The number of alkyl halides is 1. The molecule has 2 saturated heterocycles. The van der Waals surface area contributed by atoms with Crippen LogP contribution < -0.4 is 0 Å². The van der Waals surface area contributed by atoms with Crippen LogP contribution in [0.4, 0.5) is 0 Å². The van der Waals surface area contributed by atoms with Crippen LogP contribution in [0.3, 0.4) is 0 Å². The van der Waals surface area contributed by atoms with Gasteiger partial charge in [-0.3, -0.25) is 14.5 Å². The molecule has 0 radical (unpaired) electrons. The molecule has 2 fully saturated rings. The third kappa shape index (κ3) is 57.2. The zero-order valence-electron chi connectivity index (χ0n) is 64.0. The molecule has 2 aromatic heterocycles. The number of carbonyl (C=O) groups excluding carboxylic acids is 8. The van der Waals surface area contributed by atoms with Crippen molar-refractivity contribution in [3.8, 4) is 0 Å². The van der Waals surface area contributed by atoms with Gasteiger partial charge in [0.05, 0.1) is 76.1 Å². The summed E-state index contributed by atoms with van der Waals surface area (Å²) in [6, 6.07) is 30.1. The van der Waals surface area contributed by atoms with E-state index >= 15 is 0 Å². The number of hydrogen-bond acceptors (Lipinski definition) is 26. The molecule has 3 aromatic carbocycles. The van der Waals surface area contributed by atoms with E-state index in [0.717, 1.165) is 64.5 Å². The van der Waals surface area contributed by atoms with E-state index in [2.05, 4.69) is 97.9 Å². The fourth-order valence-corrected chi connectivity index (χ4v) is 8.73. The number of halogens is 1. The Bertz CT molecular complexity index is 3840. The normalized spacial score (nSPS) is 12.5. The van der Waals surface area contributed by atoms with E-state index < -0.39 is 39.7 Å². The first-order valence-electron chi connectivity index (χ1n) is 34.3. The number of furan rings is 2. The second kappa shape index (κ2) is 65.1. The van der Waals surface area contributed by atoms with Crippen molar-refractivity contribution in [2.45, 2.75) is 58.5 Å². The Kier molecular flexibility index (Phi) is 58.5. The number of esters is 6. The van der Waals surface area contributed by atoms with Gasteiger partial charge in [0.1, 0.15) is 84.2 Å². The predicted octanol–water partition coefficient (Wildman–Crippen LogP) is 13.0. The molecule has 3 aliphatic heterocycles. The Balaban J connectivity index is 0.00000125. The fourth-order valence-electron chi connectivity index (χ4n) is 6.94. The summed E-state index contributed by atoms with van der Waals surface area (Å²) in [5.74, 6) is -1.42. The van der Waals surface area contributed by atoms with Crippen LogP contribution in [0, 0.1) is 0 Å². The lowest BCUT2D eigenvalue weighted by molar-refractivity contribution is -0.141. The van der Waals surface area contributed by atoms with Crippen molar-refractivity contribution in [2.24, 2.45) is 0 Å². The van der Waals surface area contributed by atoms with Crippen molar-refractivity contribution >= 4 is 87.3 Å². The summed E-state index contributed by atoms with van der Waals surface area (Å²) in [5, 5.41) is 0. The maximum atomic E-state index is 11.4. The minimum absolute atomic E-state index is 0.0256. The second-order valence-corrected chi connectivity index (χ2v) is 24.4. The lowest BCUT2D eigenvalue weighted by Crippen LogP contribution is -2.29. The molecule has 0 spiro atoms. The molecule has 8 rings (SSSR count). The molecule has 0 saturated carbocycles. The molecule has 3 aliphatic rings. The fraction of sp³-hybridized carbons (Fsp3) is 0.286. The monoisotopic (exact) mass is 1610 g/mol. The van der Waals surface area contributed by atoms with Gasteiger partial charge >= 0.3 is 35.8 Å². The number of hydrogen-bond donors (Lipinski definition) is 0. The molecule has 0 bridgehead atoms. The molecule has 27 nitrogen and oxygen atoms in total. The van der Waals surface area contributed by atoms with Crippen LogP contribution in [0.1, 0.15) is 58.7 Å². The van der Waals surface area contributed by atoms with Gasteiger partial charge in [-0.2, -0.15) is 0 Å². The summed E-state index contributed by atoms with van der Waals surface area (Å²) in [4.78, 5) is 87.2. The zero-order chi connectivity index (χ0) is 84.3. The van der Waals surface area contributed by atoms with Gasteiger partial charge < -0.3 is 75.2 Å². The second-order valence-electron chi connectivity index (χ2n) is 21.8. The summed E-state index contributed by atoms with van der Waals surface area (Å²) >= 11 is 5.41. The highest BCUT2D eigenvalue weighted by atomic mass is 35.5. The SMILES string of the molecule is C=CC(=O)OCCOC1CO1.C=CC(=O)OCCOCc1ccco1.C=CC(=O)OCc1ccco1.C=CCOCCOC(=O)C(=C)C.C=COCCOC(=O)C(=C)C.C=COCCOC(=O)C=C.C=Cc1ccc(CN2C(=O)C=CC2=O)cc1.C=Cc1ccc(COC2CO2)cc1.C=Cc1ccc(CS(=O)(=O)CCCl)cc1. The number of carbonyl (C=O) groups is 8. The maximum Gasteiger partial charge on any atom is 0.333 e. The molecule has 2 amide bonds. The van der Waals surface area contributed by atoms with Gasteiger partial charge in [-0.25, -0.2) is 37.2 Å². The molecule has 0 aliphatic carbocycles. The Morgan fingerprint density at radius 1 is 0.478 bits per heavy atom. The first kappa shape index (κ1) is 101. The summed E-state index contributed by atoms with van der Waals surface area (Å²) in [7, 11) is -3.06. The van der Waals surface area contributed by atoms with Crippen LogP contribution in [-0.2, 0) is 147 Å². The molecular weight excluding hydrogens is 1510 g/mol. The Hall–Kier alpha value is -11.6. The van der Waals surface area contributed by atoms with Crippen LogP contribution in [0.5, 0.6) is 0 Å². The number of imide groups is 1. The van der Waals surface area contributed by atoms with Crippen LogP contribution in [0.2, 0.25) is 0 Å². The van der Waals surface area contributed by atoms with Crippen molar-refractivity contribution in [2.75, 3.05) is 97.5 Å². The molecule has 29 heteroatoms. The average Bonchev–Trinajstić information content (AvgIpc) is 1.73. The lowest BCUT2D eigenvalue weighted by atomic mass is 10.1. The lowest BCUT2D eigenvalue weighted by Gasteiger charge is -2.13. The third-order valence-electron chi connectivity index (χ3n) is 12.7. The standard InChI is InChI=1S/C13H11NO2.C11H13ClO2S.C11H12O2.C10H12O4.C9H14O3.C8H8O3.C8H12O3.C7H10O4.C7H10O3/c1-2-10-3-5-11(6-4-10)9-14-12(15)7-8-13(14)16;1-2-10-3-5-11(6-4-10)9-15(13,14)8-7-12;1-2-9-3-5-10(6-4-9)7-12-11-8-13-11;1-2-10(11)14-7-6-12-8-9-4-3-5-13-9;1-4-5-11-6-7-12-9(10)8(2)3;1-2-8(9)11-6-7-4-3-5-10-7;1-4-10-5-6-11-8(9)7(2)3;1-2-6(8)9-3-4-10-7-5-11-7;1-3-7(8)10-6-5-9-4-2/h2-8H,1,9H2;2-6H,1,7-9H2;2-6,11H,1,7-8H2;2-5H,1,6-8H2;4H,1-2,5-7H2,3H3;2-5H,1,6H2;4H,1-2,5-6H2,3H3;2,7H,1,3-5H2;3-4H,1-2,5-6H2. The third-order valence-corrected chi connectivity index (χ3v) is 14.8. The van der Waals surface area contributed by atoms with E-state index in [-0.39, 0.29) is 87.4 Å². The van der Waals surface area contributed by atoms with E-state index in [9.17, 15) is 46.8 Å². The summed E-state index contributed by atoms with van der Waals surface area (Å²) < 4.78 is 101. The van der Waals surface area contributed by atoms with Gasteiger partial charge in [-0.15, -0.1) is 18.2 Å². The highest BCUT2D eigenvalue weighted by Crippen LogP contribution is 2.16. The van der Waals surface area contributed by atoms with Crippen molar-refractivity contribution in [1.82, 2.24) is 4.90 Å². The van der Waals surface area contributed by atoms with Crippen LogP contribution in [0.15, 0.2) is 264 Å². The quantitative estimate of drug-likeness (QED) is 0.00403. The first-order chi connectivity index (χ1) is 54.3. The van der Waals surface area contributed by atoms with Crippen molar-refractivity contribution in [1.29, 1.82) is 0 Å². The molecule has 5 aromatic rings. The maximum absolute atomic E-state index is 11.4. The van der Waals surface area contributed by atoms with E-state index in [1.165, 1.54) is 41.4 Å². The first-order valence-corrected chi connectivity index (χ1v) is 36.7. The van der Waals surface area contributed by atoms with Gasteiger partial charge in [0.15, 0.2) is 22.4 Å². The molecule has 612 valence electrons. The minimum Gasteiger partial charge on any atom is -0.498 e. The predicted molar refractivity (Wildman–Crippen MR) is 428 cm³/mol. The molecule has 2 unspecified atom stereocenters. The summed E-state index contributed by atoms with van der Waals surface area (Å²) in [5.41, 5.74) is 6.80. The summed E-state index contributed by atoms with van der Waals surface area (Å²) in [6.45, 7) is 50.5. The topological polar surface area (TPSA) is 336 Å². The smallest absolute Gasteiger partial charge is 0.333 e. The van der Waals surface area contributed by atoms with E-state index in [0.29, 0.717) is 82.9 Å². The van der Waals surface area contributed by atoms with Gasteiger partial charge in [-0.1, -0.05) is 169 Å². The molecule has 113 heavy (non-hydrogen) atoms. The van der Waals surface area contributed by atoms with Gasteiger partial charge in [0, 0.05) is 53.5 Å². The highest BCUT2D eigenvalue weighted by molar-refractivity contribution is 7.90. The summed E-state index contributed by atoms with van der Waals surface area (Å²) in [6.07, 6.45) is 19.6. The Labute approximate surface area is 666 Å². The largest absolute Gasteiger partial charge is 0.498 e. The zero-order valence-corrected chi connectivity index (χ0v) is 65.5. The molecule has 5 heterocycles. The number of epoxide rings is 2. The van der Waals surface area contributed by atoms with E-state index in [4.69, 9.17) is 67.8 Å². The van der Waals surface area contributed by atoms with Crippen LogP contribution in [-0.4, -0.2) is 171 Å². The van der Waals surface area contributed by atoms with Gasteiger partial charge in [-0.05, 0) is 71.5 Å². The molecular formula is C84H102ClNO26S. The number of sulfone groups is 1. The number of benzene rings is 3. The Morgan fingerprint density at radius 3 is 1.27 bits per heavy atom. The van der Waals surface area contributed by atoms with Gasteiger partial charge in [0.25, 0.3) is 11.8 Å².